The van der Waals surface area contributed by atoms with E-state index >= 15 is 0 Å². The molecule has 1 amide bonds. The van der Waals surface area contributed by atoms with E-state index in [9.17, 15) is 4.79 Å². The largest absolute Gasteiger partial charge is 0.461 e. The lowest BCUT2D eigenvalue weighted by Gasteiger charge is -2.32. The molecule has 1 fully saturated rings. The second kappa shape index (κ2) is 7.56. The minimum absolute atomic E-state index is 0.0520. The third-order valence-electron chi connectivity index (χ3n) is 5.33. The van der Waals surface area contributed by atoms with Gasteiger partial charge in [0.25, 0.3) is 5.91 Å². The number of methoxy groups -OCH3 is 1. The van der Waals surface area contributed by atoms with Crippen LogP contribution in [0.15, 0.2) is 41.1 Å². The average molecular weight is 367 g/mol. The summed E-state index contributed by atoms with van der Waals surface area (Å²) in [5, 5.41) is 0.980. The zero-order valence-corrected chi connectivity index (χ0v) is 15.9. The number of carbonyl (C=O) groups excluding carboxylic acids is 1. The van der Waals surface area contributed by atoms with Crippen molar-refractivity contribution in [2.45, 2.75) is 32.2 Å². The molecule has 1 aromatic carbocycles. The number of hydrogen-bond donors (Lipinski definition) is 0. The number of rotatable bonds is 5. The third-order valence-corrected chi connectivity index (χ3v) is 5.33. The van der Waals surface area contributed by atoms with Crippen molar-refractivity contribution in [1.82, 2.24) is 14.5 Å². The second-order valence-electron chi connectivity index (χ2n) is 7.12. The van der Waals surface area contributed by atoms with Gasteiger partial charge in [0, 0.05) is 50.4 Å². The first-order valence-corrected chi connectivity index (χ1v) is 9.46. The molecular weight excluding hydrogens is 342 g/mol. The number of furan rings is 1. The minimum Gasteiger partial charge on any atom is -0.461 e. The Kier molecular flexibility index (Phi) is 4.99. The molecule has 1 aliphatic heterocycles. The second-order valence-corrected chi connectivity index (χ2v) is 7.12. The van der Waals surface area contributed by atoms with Crippen LogP contribution in [-0.2, 0) is 11.3 Å². The van der Waals surface area contributed by atoms with Gasteiger partial charge in [0.1, 0.15) is 17.2 Å². The maximum absolute atomic E-state index is 13.1. The molecule has 0 unspecified atom stereocenters. The lowest BCUT2D eigenvalue weighted by Crippen LogP contribution is -2.38. The zero-order chi connectivity index (χ0) is 18.8. The number of aryl methyl sites for hydroxylation is 1. The number of nitrogens with zero attached hydrogens (tertiary/aromatic N) is 3. The molecule has 142 valence electrons. The highest BCUT2D eigenvalue weighted by Crippen LogP contribution is 2.29. The van der Waals surface area contributed by atoms with Crippen LogP contribution in [0, 0.1) is 6.92 Å². The summed E-state index contributed by atoms with van der Waals surface area (Å²) in [5.74, 6) is 2.36. The van der Waals surface area contributed by atoms with Crippen LogP contribution < -0.4 is 0 Å². The maximum Gasteiger partial charge on any atom is 0.257 e. The van der Waals surface area contributed by atoms with Crippen LogP contribution in [0.4, 0.5) is 0 Å². The van der Waals surface area contributed by atoms with E-state index in [4.69, 9.17) is 9.15 Å². The Hall–Kier alpha value is -2.60. The molecule has 0 N–H and O–H groups in total. The fourth-order valence-electron chi connectivity index (χ4n) is 3.93. The van der Waals surface area contributed by atoms with Gasteiger partial charge in [0.2, 0.25) is 0 Å². The molecule has 0 aliphatic carbocycles. The van der Waals surface area contributed by atoms with E-state index in [1.54, 1.807) is 7.11 Å². The molecular formula is C21H25N3O3. The number of imidazole rings is 1. The normalized spacial score (nSPS) is 15.6. The highest BCUT2D eigenvalue weighted by Gasteiger charge is 2.28. The highest BCUT2D eigenvalue weighted by atomic mass is 16.5. The molecule has 1 saturated heterocycles. The quantitative estimate of drug-likeness (QED) is 0.691. The van der Waals surface area contributed by atoms with E-state index in [-0.39, 0.29) is 5.91 Å². The zero-order valence-electron chi connectivity index (χ0n) is 15.9. The van der Waals surface area contributed by atoms with Gasteiger partial charge in [-0.2, -0.15) is 0 Å². The first kappa shape index (κ1) is 17.8. The number of hydrogen-bond acceptors (Lipinski definition) is 4. The minimum atomic E-state index is 0.0520. The van der Waals surface area contributed by atoms with Gasteiger partial charge in [0.15, 0.2) is 0 Å². The van der Waals surface area contributed by atoms with Gasteiger partial charge in [-0.3, -0.25) is 4.79 Å². The summed E-state index contributed by atoms with van der Waals surface area (Å²) in [7, 11) is 1.71. The molecule has 3 heterocycles. The van der Waals surface area contributed by atoms with Crippen molar-refractivity contribution in [3.05, 3.63) is 53.8 Å². The van der Waals surface area contributed by atoms with Crippen LogP contribution in [0.5, 0.6) is 0 Å². The van der Waals surface area contributed by atoms with Crippen LogP contribution in [0.1, 0.15) is 40.7 Å². The van der Waals surface area contributed by atoms with Gasteiger partial charge in [-0.15, -0.1) is 0 Å². The van der Waals surface area contributed by atoms with Crippen molar-refractivity contribution in [3.63, 3.8) is 0 Å². The molecule has 0 spiro atoms. The molecule has 2 aromatic heterocycles. The number of benzene rings is 1. The Labute approximate surface area is 158 Å². The molecule has 4 rings (SSSR count). The number of ether oxygens (including phenoxy) is 1. The Balaban J connectivity index is 1.46. The van der Waals surface area contributed by atoms with Crippen molar-refractivity contribution < 1.29 is 13.9 Å². The lowest BCUT2D eigenvalue weighted by atomic mass is 9.95. The summed E-state index contributed by atoms with van der Waals surface area (Å²) in [6, 6.07) is 7.73. The Bertz CT molecular complexity index is 935. The summed E-state index contributed by atoms with van der Waals surface area (Å²) in [6.07, 6.45) is 5.69. The summed E-state index contributed by atoms with van der Waals surface area (Å²) in [5.41, 5.74) is 1.35. The molecule has 27 heavy (non-hydrogen) atoms. The van der Waals surface area contributed by atoms with Gasteiger partial charge >= 0.3 is 0 Å². The predicted molar refractivity (Wildman–Crippen MR) is 103 cm³/mol. The Morgan fingerprint density at radius 3 is 2.93 bits per heavy atom. The van der Waals surface area contributed by atoms with Crippen LogP contribution in [0.25, 0.3) is 11.0 Å². The molecule has 6 heteroatoms. The van der Waals surface area contributed by atoms with E-state index < -0.39 is 0 Å². The molecule has 0 radical (unpaired) electrons. The maximum atomic E-state index is 13.1. The summed E-state index contributed by atoms with van der Waals surface area (Å²) in [4.78, 5) is 19.5. The van der Waals surface area contributed by atoms with E-state index in [0.29, 0.717) is 23.7 Å². The highest BCUT2D eigenvalue weighted by molar-refractivity contribution is 6.05. The molecule has 0 saturated carbocycles. The number of para-hydroxylation sites is 1. The van der Waals surface area contributed by atoms with Gasteiger partial charge < -0.3 is 18.6 Å². The molecule has 3 aromatic rings. The smallest absolute Gasteiger partial charge is 0.257 e. The topological polar surface area (TPSA) is 60.5 Å². The van der Waals surface area contributed by atoms with Gasteiger partial charge in [0.05, 0.1) is 12.2 Å². The first-order chi connectivity index (χ1) is 13.2. The monoisotopic (exact) mass is 367 g/mol. The molecule has 0 atom stereocenters. The van der Waals surface area contributed by atoms with E-state index in [0.717, 1.165) is 49.4 Å². The summed E-state index contributed by atoms with van der Waals surface area (Å²) < 4.78 is 13.1. The molecule has 0 bridgehead atoms. The van der Waals surface area contributed by atoms with Crippen molar-refractivity contribution in [1.29, 1.82) is 0 Å². The SMILES string of the molecule is COCCn1ccnc1C1CCN(C(=O)c2cccc3cc(C)oc23)CC1. The Morgan fingerprint density at radius 2 is 2.15 bits per heavy atom. The average Bonchev–Trinajstić information content (AvgIpc) is 3.31. The van der Waals surface area contributed by atoms with E-state index in [1.165, 1.54) is 0 Å². The first-order valence-electron chi connectivity index (χ1n) is 9.46. The molecule has 6 nitrogen and oxygen atoms in total. The Morgan fingerprint density at radius 1 is 1.33 bits per heavy atom. The van der Waals surface area contributed by atoms with Gasteiger partial charge in [-0.05, 0) is 31.9 Å². The van der Waals surface area contributed by atoms with Crippen molar-refractivity contribution >= 4 is 16.9 Å². The molecule has 1 aliphatic rings. The van der Waals surface area contributed by atoms with Gasteiger partial charge in [-0.25, -0.2) is 4.98 Å². The van der Waals surface area contributed by atoms with Crippen molar-refractivity contribution in [2.24, 2.45) is 0 Å². The van der Waals surface area contributed by atoms with Crippen molar-refractivity contribution in [3.8, 4) is 0 Å². The summed E-state index contributed by atoms with van der Waals surface area (Å²) in [6.45, 7) is 4.86. The van der Waals surface area contributed by atoms with Gasteiger partial charge in [-0.1, -0.05) is 12.1 Å². The fourth-order valence-corrected chi connectivity index (χ4v) is 3.93. The number of carbonyl (C=O) groups is 1. The van der Waals surface area contributed by atoms with Crippen LogP contribution in [0.2, 0.25) is 0 Å². The van der Waals surface area contributed by atoms with Crippen molar-refractivity contribution in [2.75, 3.05) is 26.8 Å². The van der Waals surface area contributed by atoms with Crippen LogP contribution in [0.3, 0.4) is 0 Å². The van der Waals surface area contributed by atoms with Crippen LogP contribution in [-0.4, -0.2) is 47.2 Å². The number of amides is 1. The number of aromatic nitrogens is 2. The number of fused-ring (bicyclic) bond motifs is 1. The van der Waals surface area contributed by atoms with E-state index in [1.807, 2.05) is 48.5 Å². The fraction of sp³-hybridized carbons (Fsp3) is 0.429. The number of piperidine rings is 1. The summed E-state index contributed by atoms with van der Waals surface area (Å²) >= 11 is 0. The standard InChI is InChI=1S/C21H25N3O3/c1-15-14-17-4-3-5-18(19(17)27-15)21(25)24-9-6-16(7-10-24)20-22-8-11-23(20)12-13-26-2/h3-5,8,11,14,16H,6-7,9-10,12-13H2,1-2H3. The third kappa shape index (κ3) is 3.49. The lowest BCUT2D eigenvalue weighted by molar-refractivity contribution is 0.0711. The van der Waals surface area contributed by atoms with E-state index in [2.05, 4.69) is 9.55 Å². The predicted octanol–water partition coefficient (Wildman–Crippen LogP) is 3.60. The number of likely N-dealkylation sites (tertiary alicyclic amines) is 1. The van der Waals surface area contributed by atoms with Crippen LogP contribution >= 0.6 is 0 Å².